The van der Waals surface area contributed by atoms with Gasteiger partial charge in [-0.05, 0) is 35.7 Å². The summed E-state index contributed by atoms with van der Waals surface area (Å²) >= 11 is 1.59. The summed E-state index contributed by atoms with van der Waals surface area (Å²) in [5, 5.41) is 16.8. The van der Waals surface area contributed by atoms with E-state index in [1.54, 1.807) is 17.5 Å². The van der Waals surface area contributed by atoms with Crippen LogP contribution < -0.4 is 0 Å². The molecule has 24 heavy (non-hydrogen) atoms. The molecule has 0 saturated carbocycles. The quantitative estimate of drug-likeness (QED) is 0.580. The minimum Gasteiger partial charge on any atom is -0.507 e. The van der Waals surface area contributed by atoms with Crippen molar-refractivity contribution < 1.29 is 14.3 Å². The highest BCUT2D eigenvalue weighted by Crippen LogP contribution is 2.26. The number of aromatic nitrogens is 3. The summed E-state index contributed by atoms with van der Waals surface area (Å²) in [6.07, 6.45) is 4.57. The lowest BCUT2D eigenvalue weighted by Crippen LogP contribution is -2.02. The van der Waals surface area contributed by atoms with Crippen molar-refractivity contribution in [2.75, 3.05) is 0 Å². The first kappa shape index (κ1) is 14.5. The lowest BCUT2D eigenvalue weighted by molar-refractivity contribution is 0.103. The van der Waals surface area contributed by atoms with E-state index in [1.807, 2.05) is 17.5 Å². The van der Waals surface area contributed by atoms with Gasteiger partial charge in [0.2, 0.25) is 0 Å². The van der Waals surface area contributed by atoms with Gasteiger partial charge in [-0.2, -0.15) is 5.10 Å². The standard InChI is InChI=1S/C17H10FN3O2S/c18-11-1-2-14(22)13(7-11)16(23)10-8-20-21(9-10)17-12-4-6-24-15(12)3-5-19-17/h1-9,22H. The monoisotopic (exact) mass is 339 g/mol. The van der Waals surface area contributed by atoms with Crippen LogP contribution in [0.25, 0.3) is 15.9 Å². The van der Waals surface area contributed by atoms with Crippen molar-refractivity contribution in [3.8, 4) is 11.6 Å². The van der Waals surface area contributed by atoms with Crippen molar-refractivity contribution in [2.45, 2.75) is 0 Å². The molecule has 7 heteroatoms. The summed E-state index contributed by atoms with van der Waals surface area (Å²) < 4.78 is 15.9. The third-order valence-electron chi connectivity index (χ3n) is 3.62. The Balaban J connectivity index is 1.76. The summed E-state index contributed by atoms with van der Waals surface area (Å²) in [5.41, 5.74) is 0.140. The van der Waals surface area contributed by atoms with Gasteiger partial charge >= 0.3 is 0 Å². The fourth-order valence-electron chi connectivity index (χ4n) is 2.46. The SMILES string of the molecule is O=C(c1cnn(-c2nccc3sccc23)c1)c1cc(F)ccc1O. The number of phenols is 1. The molecule has 118 valence electrons. The fourth-order valence-corrected chi connectivity index (χ4v) is 3.24. The van der Waals surface area contributed by atoms with Gasteiger partial charge in [0.05, 0.1) is 17.3 Å². The van der Waals surface area contributed by atoms with Crippen LogP contribution in [0.4, 0.5) is 4.39 Å². The summed E-state index contributed by atoms with van der Waals surface area (Å²) in [6, 6.07) is 7.10. The Morgan fingerprint density at radius 2 is 2.12 bits per heavy atom. The molecule has 0 unspecified atom stereocenters. The van der Waals surface area contributed by atoms with Crippen LogP contribution in [0.15, 0.2) is 54.3 Å². The molecular formula is C17H10FN3O2S. The summed E-state index contributed by atoms with van der Waals surface area (Å²) in [5.74, 6) is -0.757. The second-order valence-electron chi connectivity index (χ2n) is 5.13. The first-order valence-electron chi connectivity index (χ1n) is 7.04. The van der Waals surface area contributed by atoms with Crippen LogP contribution in [0, 0.1) is 5.82 Å². The fraction of sp³-hybridized carbons (Fsp3) is 0. The molecular weight excluding hydrogens is 329 g/mol. The predicted octanol–water partition coefficient (Wildman–Crippen LogP) is 3.56. The molecule has 3 aromatic heterocycles. The molecule has 0 aliphatic rings. The smallest absolute Gasteiger partial charge is 0.200 e. The summed E-state index contributed by atoms with van der Waals surface area (Å²) in [4.78, 5) is 16.8. The normalized spacial score (nSPS) is 11.0. The number of thiophene rings is 1. The van der Waals surface area contributed by atoms with Crippen molar-refractivity contribution in [1.82, 2.24) is 14.8 Å². The van der Waals surface area contributed by atoms with Gasteiger partial charge in [-0.15, -0.1) is 11.3 Å². The first-order valence-corrected chi connectivity index (χ1v) is 7.92. The average molecular weight is 339 g/mol. The van der Waals surface area contributed by atoms with E-state index in [1.165, 1.54) is 17.1 Å². The van der Waals surface area contributed by atoms with E-state index in [4.69, 9.17) is 0 Å². The maximum Gasteiger partial charge on any atom is 0.200 e. The molecule has 1 N–H and O–H groups in total. The van der Waals surface area contributed by atoms with Gasteiger partial charge in [0, 0.05) is 22.5 Å². The molecule has 3 heterocycles. The zero-order valence-corrected chi connectivity index (χ0v) is 13.0. The number of nitrogens with zero attached hydrogens (tertiary/aromatic N) is 3. The number of fused-ring (bicyclic) bond motifs is 1. The maximum atomic E-state index is 13.3. The Morgan fingerprint density at radius 3 is 3.00 bits per heavy atom. The number of aromatic hydroxyl groups is 1. The Kier molecular flexibility index (Phi) is 3.35. The molecule has 0 aliphatic carbocycles. The number of hydrogen-bond donors (Lipinski definition) is 1. The number of halogens is 1. The molecule has 1 aromatic carbocycles. The first-order chi connectivity index (χ1) is 11.6. The van der Waals surface area contributed by atoms with Crippen LogP contribution in [0.5, 0.6) is 5.75 Å². The van der Waals surface area contributed by atoms with E-state index < -0.39 is 11.6 Å². The molecule has 5 nitrogen and oxygen atoms in total. The van der Waals surface area contributed by atoms with Crippen molar-refractivity contribution >= 4 is 27.2 Å². The van der Waals surface area contributed by atoms with Crippen molar-refractivity contribution in [3.63, 3.8) is 0 Å². The number of pyridine rings is 1. The number of benzene rings is 1. The van der Waals surface area contributed by atoms with Gasteiger partial charge in [0.1, 0.15) is 11.6 Å². The Hall–Kier alpha value is -3.06. The number of carbonyl (C=O) groups excluding carboxylic acids is 1. The average Bonchev–Trinajstić information content (AvgIpc) is 3.25. The zero-order valence-electron chi connectivity index (χ0n) is 12.2. The van der Waals surface area contributed by atoms with Crippen LogP contribution in [0.1, 0.15) is 15.9 Å². The molecule has 0 atom stereocenters. The third kappa shape index (κ3) is 2.35. The van der Waals surface area contributed by atoms with Gasteiger partial charge in [0.15, 0.2) is 11.6 Å². The van der Waals surface area contributed by atoms with Gasteiger partial charge in [0.25, 0.3) is 0 Å². The highest BCUT2D eigenvalue weighted by Gasteiger charge is 2.17. The Labute approximate surface area is 139 Å². The van der Waals surface area contributed by atoms with Crippen molar-refractivity contribution in [2.24, 2.45) is 0 Å². The van der Waals surface area contributed by atoms with Crippen molar-refractivity contribution in [1.29, 1.82) is 0 Å². The molecule has 4 rings (SSSR count). The molecule has 0 saturated heterocycles. The third-order valence-corrected chi connectivity index (χ3v) is 4.51. The minimum atomic E-state index is -0.590. The summed E-state index contributed by atoms with van der Waals surface area (Å²) in [6.45, 7) is 0. The van der Waals surface area contributed by atoms with Crippen LogP contribution in [0.3, 0.4) is 0 Å². The van der Waals surface area contributed by atoms with Crippen molar-refractivity contribution in [3.05, 3.63) is 71.2 Å². The lowest BCUT2D eigenvalue weighted by Gasteiger charge is -2.03. The van der Waals surface area contributed by atoms with Gasteiger partial charge in [-0.3, -0.25) is 4.79 Å². The van der Waals surface area contributed by atoms with E-state index in [2.05, 4.69) is 10.1 Å². The Morgan fingerprint density at radius 1 is 1.25 bits per heavy atom. The van der Waals surface area contributed by atoms with E-state index in [9.17, 15) is 14.3 Å². The highest BCUT2D eigenvalue weighted by atomic mass is 32.1. The summed E-state index contributed by atoms with van der Waals surface area (Å²) in [7, 11) is 0. The molecule has 0 spiro atoms. The molecule has 0 radical (unpaired) electrons. The second-order valence-corrected chi connectivity index (χ2v) is 6.08. The van der Waals surface area contributed by atoms with Gasteiger partial charge < -0.3 is 5.11 Å². The van der Waals surface area contributed by atoms with Gasteiger partial charge in [-0.25, -0.2) is 14.1 Å². The second kappa shape index (κ2) is 5.54. The van der Waals surface area contributed by atoms with Crippen LogP contribution >= 0.6 is 11.3 Å². The minimum absolute atomic E-state index is 0.101. The largest absolute Gasteiger partial charge is 0.507 e. The number of hydrogen-bond acceptors (Lipinski definition) is 5. The number of carbonyl (C=O) groups is 1. The van der Waals surface area contributed by atoms with Crippen LogP contribution in [-0.4, -0.2) is 25.7 Å². The van der Waals surface area contributed by atoms with E-state index in [0.29, 0.717) is 5.82 Å². The highest BCUT2D eigenvalue weighted by molar-refractivity contribution is 7.17. The predicted molar refractivity (Wildman–Crippen MR) is 88.2 cm³/mol. The lowest BCUT2D eigenvalue weighted by atomic mass is 10.1. The molecule has 0 fully saturated rings. The molecule has 4 aromatic rings. The van der Waals surface area contributed by atoms with E-state index in [-0.39, 0.29) is 16.9 Å². The number of ketones is 1. The Bertz CT molecular complexity index is 1070. The van der Waals surface area contributed by atoms with Crippen LogP contribution in [0.2, 0.25) is 0 Å². The topological polar surface area (TPSA) is 68.0 Å². The molecule has 0 amide bonds. The van der Waals surface area contributed by atoms with E-state index >= 15 is 0 Å². The molecule has 0 bridgehead atoms. The van der Waals surface area contributed by atoms with E-state index in [0.717, 1.165) is 28.3 Å². The number of rotatable bonds is 3. The maximum absolute atomic E-state index is 13.3. The van der Waals surface area contributed by atoms with Gasteiger partial charge in [-0.1, -0.05) is 0 Å². The van der Waals surface area contributed by atoms with Crippen LogP contribution in [-0.2, 0) is 0 Å². The zero-order chi connectivity index (χ0) is 16.7. The molecule has 0 aliphatic heterocycles. The number of phenolic OH excluding ortho intramolecular Hbond substituents is 1.